The summed E-state index contributed by atoms with van der Waals surface area (Å²) in [6, 6.07) is 10.4. The van der Waals surface area contributed by atoms with Gasteiger partial charge in [-0.1, -0.05) is 24.6 Å². The third-order valence-electron chi connectivity index (χ3n) is 6.04. The number of nitrogens with one attached hydrogen (secondary N) is 2. The molecule has 184 valence electrons. The van der Waals surface area contributed by atoms with Gasteiger partial charge in [0.15, 0.2) is 5.96 Å². The predicted octanol–water partition coefficient (Wildman–Crippen LogP) is 4.11. The smallest absolute Gasteiger partial charge is 0.191 e. The largest absolute Gasteiger partial charge is 0.357 e. The molecule has 0 unspecified atom stereocenters. The van der Waals surface area contributed by atoms with Crippen molar-refractivity contribution in [2.75, 3.05) is 13.1 Å². The van der Waals surface area contributed by atoms with E-state index in [1.807, 2.05) is 17.7 Å². The molecule has 0 bridgehead atoms. The van der Waals surface area contributed by atoms with Crippen molar-refractivity contribution in [1.82, 2.24) is 35.2 Å². The van der Waals surface area contributed by atoms with Crippen molar-refractivity contribution >= 4 is 29.9 Å². The van der Waals surface area contributed by atoms with E-state index in [9.17, 15) is 0 Å². The van der Waals surface area contributed by atoms with Gasteiger partial charge in [-0.25, -0.2) is 9.67 Å². The van der Waals surface area contributed by atoms with E-state index in [1.165, 1.54) is 19.3 Å². The van der Waals surface area contributed by atoms with Crippen LogP contribution in [-0.2, 0) is 25.9 Å². The molecule has 3 heterocycles. The number of hydrogen-bond acceptors (Lipinski definition) is 4. The topological polar surface area (TPSA) is 84.9 Å². The summed E-state index contributed by atoms with van der Waals surface area (Å²) in [5, 5.41) is 20.4. The fraction of sp³-hybridized carbons (Fsp3) is 0.520. The van der Waals surface area contributed by atoms with E-state index in [0.29, 0.717) is 6.54 Å². The molecule has 2 N–H and O–H groups in total. The molecule has 0 fully saturated rings. The molecular weight excluding hydrogens is 539 g/mol. The quantitative estimate of drug-likeness (QED) is 0.183. The molecule has 4 rings (SSSR count). The van der Waals surface area contributed by atoms with Crippen molar-refractivity contribution in [1.29, 1.82) is 0 Å². The van der Waals surface area contributed by atoms with Crippen LogP contribution in [0.3, 0.4) is 0 Å². The third kappa shape index (κ3) is 6.58. The molecule has 3 aromatic rings. The number of rotatable bonds is 8. The number of benzene rings is 1. The highest BCUT2D eigenvalue weighted by atomic mass is 127. The first-order valence-corrected chi connectivity index (χ1v) is 12.2. The number of aryl methyl sites for hydroxylation is 4. The van der Waals surface area contributed by atoms with E-state index in [-0.39, 0.29) is 24.0 Å². The molecule has 0 amide bonds. The van der Waals surface area contributed by atoms with Gasteiger partial charge in [0.1, 0.15) is 11.6 Å². The Kier molecular flexibility index (Phi) is 9.91. The summed E-state index contributed by atoms with van der Waals surface area (Å²) >= 11 is 0. The lowest BCUT2D eigenvalue weighted by atomic mass is 10.2. The maximum atomic E-state index is 4.84. The minimum Gasteiger partial charge on any atom is -0.357 e. The molecule has 0 aliphatic carbocycles. The molecule has 1 aromatic carbocycles. The molecule has 1 aliphatic rings. The van der Waals surface area contributed by atoms with Crippen LogP contribution in [0.25, 0.3) is 5.69 Å². The first kappa shape index (κ1) is 26.2. The van der Waals surface area contributed by atoms with Crippen LogP contribution in [0.2, 0.25) is 0 Å². The molecular formula is C25H37IN8. The fourth-order valence-corrected chi connectivity index (χ4v) is 4.41. The lowest BCUT2D eigenvalue weighted by molar-refractivity contribution is 0.594. The van der Waals surface area contributed by atoms with E-state index >= 15 is 0 Å². The number of hydrogen-bond donors (Lipinski definition) is 2. The summed E-state index contributed by atoms with van der Waals surface area (Å²) in [5.41, 5.74) is 4.37. The Labute approximate surface area is 219 Å². The minimum atomic E-state index is 0. The number of aromatic nitrogens is 5. The van der Waals surface area contributed by atoms with Crippen LogP contribution >= 0.6 is 24.0 Å². The molecule has 1 aliphatic heterocycles. The average Bonchev–Trinajstić information content (AvgIpc) is 3.26. The normalized spacial score (nSPS) is 13.7. The molecule has 9 heteroatoms. The summed E-state index contributed by atoms with van der Waals surface area (Å²) in [4.78, 5) is 4.84. The van der Waals surface area contributed by atoms with Gasteiger partial charge in [0.25, 0.3) is 0 Å². The second kappa shape index (κ2) is 12.9. The third-order valence-corrected chi connectivity index (χ3v) is 6.04. The van der Waals surface area contributed by atoms with Crippen LogP contribution < -0.4 is 10.6 Å². The van der Waals surface area contributed by atoms with Gasteiger partial charge in [0.05, 0.1) is 17.9 Å². The van der Waals surface area contributed by atoms with E-state index < -0.39 is 0 Å². The molecule has 0 radical (unpaired) electrons. The van der Waals surface area contributed by atoms with Gasteiger partial charge in [-0.05, 0) is 57.7 Å². The summed E-state index contributed by atoms with van der Waals surface area (Å²) in [7, 11) is 0. The Bertz CT molecular complexity index is 1080. The van der Waals surface area contributed by atoms with Gasteiger partial charge in [-0.3, -0.25) is 0 Å². The zero-order valence-corrected chi connectivity index (χ0v) is 22.9. The summed E-state index contributed by atoms with van der Waals surface area (Å²) < 4.78 is 4.34. The Morgan fingerprint density at radius 2 is 1.94 bits per heavy atom. The van der Waals surface area contributed by atoms with Crippen molar-refractivity contribution in [2.45, 2.75) is 72.4 Å². The minimum absolute atomic E-state index is 0. The van der Waals surface area contributed by atoms with Crippen LogP contribution in [0.15, 0.2) is 35.3 Å². The van der Waals surface area contributed by atoms with Crippen LogP contribution in [-0.4, -0.2) is 43.6 Å². The molecule has 0 spiro atoms. The molecule has 0 atom stereocenters. The standard InChI is InChI=1S/C25H36N8.HI/c1-4-26-25(27-15-10-14-24-30-29-23-13-6-5-9-16-32(23)24)28-18-21-11-7-8-12-22(21)33-20(3)17-19(2)31-33;/h7-8,11-12,17H,4-6,9-10,13-16,18H2,1-3H3,(H2,26,27,28);1H. The zero-order valence-electron chi connectivity index (χ0n) is 20.5. The van der Waals surface area contributed by atoms with Gasteiger partial charge < -0.3 is 15.2 Å². The van der Waals surface area contributed by atoms with Crippen molar-refractivity contribution < 1.29 is 0 Å². The van der Waals surface area contributed by atoms with Gasteiger partial charge in [-0.15, -0.1) is 34.2 Å². The summed E-state index contributed by atoms with van der Waals surface area (Å²) in [5.74, 6) is 3.11. The van der Waals surface area contributed by atoms with Crippen LogP contribution in [0.1, 0.15) is 61.2 Å². The monoisotopic (exact) mass is 576 g/mol. The first-order valence-electron chi connectivity index (χ1n) is 12.2. The van der Waals surface area contributed by atoms with Crippen LogP contribution in [0.5, 0.6) is 0 Å². The van der Waals surface area contributed by atoms with Crippen molar-refractivity contribution in [2.24, 2.45) is 4.99 Å². The second-order valence-electron chi connectivity index (χ2n) is 8.69. The molecule has 0 saturated carbocycles. The number of para-hydroxylation sites is 1. The fourth-order valence-electron chi connectivity index (χ4n) is 4.41. The van der Waals surface area contributed by atoms with Gasteiger partial charge in [-0.2, -0.15) is 5.10 Å². The lowest BCUT2D eigenvalue weighted by Gasteiger charge is -2.13. The number of fused-ring (bicyclic) bond motifs is 1. The second-order valence-corrected chi connectivity index (χ2v) is 8.69. The Morgan fingerprint density at radius 1 is 1.09 bits per heavy atom. The number of aliphatic imine (C=N–C) groups is 1. The van der Waals surface area contributed by atoms with Crippen molar-refractivity contribution in [3.63, 3.8) is 0 Å². The summed E-state index contributed by atoms with van der Waals surface area (Å²) in [6.45, 7) is 9.50. The average molecular weight is 577 g/mol. The molecule has 2 aromatic heterocycles. The lowest BCUT2D eigenvalue weighted by Crippen LogP contribution is -2.38. The predicted molar refractivity (Wildman–Crippen MR) is 147 cm³/mol. The zero-order chi connectivity index (χ0) is 23.0. The highest BCUT2D eigenvalue weighted by molar-refractivity contribution is 14.0. The van der Waals surface area contributed by atoms with Gasteiger partial charge in [0, 0.05) is 38.2 Å². The first-order chi connectivity index (χ1) is 16.2. The van der Waals surface area contributed by atoms with E-state index in [4.69, 9.17) is 4.99 Å². The molecule has 34 heavy (non-hydrogen) atoms. The summed E-state index contributed by atoms with van der Waals surface area (Å²) in [6.07, 6.45) is 6.72. The van der Waals surface area contributed by atoms with Crippen LogP contribution in [0, 0.1) is 13.8 Å². The highest BCUT2D eigenvalue weighted by Gasteiger charge is 2.14. The number of guanidine groups is 1. The van der Waals surface area contributed by atoms with E-state index in [0.717, 1.165) is 79.1 Å². The van der Waals surface area contributed by atoms with E-state index in [2.05, 4.69) is 68.6 Å². The number of halogens is 1. The Hall–Kier alpha value is -2.43. The molecule has 0 saturated heterocycles. The van der Waals surface area contributed by atoms with Crippen molar-refractivity contribution in [3.05, 3.63) is 58.9 Å². The highest BCUT2D eigenvalue weighted by Crippen LogP contribution is 2.18. The Morgan fingerprint density at radius 3 is 2.74 bits per heavy atom. The SMILES string of the molecule is CCNC(=NCc1ccccc1-n1nc(C)cc1C)NCCCc1nnc2n1CCCCC2.I. The Balaban J connectivity index is 0.00000324. The van der Waals surface area contributed by atoms with Gasteiger partial charge >= 0.3 is 0 Å². The maximum Gasteiger partial charge on any atom is 0.191 e. The maximum absolute atomic E-state index is 4.84. The van der Waals surface area contributed by atoms with Gasteiger partial charge in [0.2, 0.25) is 0 Å². The molecule has 8 nitrogen and oxygen atoms in total. The van der Waals surface area contributed by atoms with E-state index in [1.54, 1.807) is 0 Å². The number of nitrogens with zero attached hydrogens (tertiary/aromatic N) is 6. The van der Waals surface area contributed by atoms with Crippen LogP contribution in [0.4, 0.5) is 0 Å². The van der Waals surface area contributed by atoms with Crippen molar-refractivity contribution in [3.8, 4) is 5.69 Å².